The van der Waals surface area contributed by atoms with Crippen molar-refractivity contribution in [3.05, 3.63) is 138 Å². The second-order valence-corrected chi connectivity index (χ2v) is 23.7. The molecule has 5 aromatic carbocycles. The first kappa shape index (κ1) is 55.5. The molecular weight excluding hydrogens is 1110 g/mol. The maximum Gasteiger partial charge on any atom is 0.513 e. The van der Waals surface area contributed by atoms with E-state index in [0.29, 0.717) is 12.1 Å². The summed E-state index contributed by atoms with van der Waals surface area (Å²) in [5.74, 6) is -2.51. The first-order chi connectivity index (χ1) is 31.5. The van der Waals surface area contributed by atoms with Gasteiger partial charge in [-0.2, -0.15) is 95.9 Å². The molecule has 0 fully saturated rings. The van der Waals surface area contributed by atoms with Crippen molar-refractivity contribution >= 4 is 50.5 Å². The molecule has 0 aromatic heterocycles. The maximum atomic E-state index is 14.6. The molecule has 384 valence electrons. The van der Waals surface area contributed by atoms with Crippen molar-refractivity contribution in [1.82, 2.24) is 3.12 Å². The van der Waals surface area contributed by atoms with Gasteiger partial charge in [0.15, 0.2) is 0 Å². The minimum Gasteiger partial charge on any atom is -0.379 e. The highest BCUT2D eigenvalue weighted by atomic mass is 32.4. The lowest BCUT2D eigenvalue weighted by Gasteiger charge is -2.47. The average molecular weight is 1130 g/mol. The van der Waals surface area contributed by atoms with Gasteiger partial charge in [0.05, 0.1) is 22.3 Å². The number of halogens is 18. The lowest BCUT2D eigenvalue weighted by Crippen LogP contribution is -2.50. The van der Waals surface area contributed by atoms with Crippen LogP contribution in [-0.4, -0.2) is 47.8 Å². The van der Waals surface area contributed by atoms with E-state index in [2.05, 4.69) is 8.37 Å². The van der Waals surface area contributed by atoms with Crippen LogP contribution in [0.15, 0.2) is 140 Å². The summed E-state index contributed by atoms with van der Waals surface area (Å²) in [5.41, 5.74) is -22.8. The Balaban J connectivity index is 1.80. The number of rotatable bonds is 12. The summed E-state index contributed by atoms with van der Waals surface area (Å²) in [6.07, 6.45) is -22.5. The topological polar surface area (TPSA) is 158 Å². The molecular formula is C36H19F18NO10S5. The van der Waals surface area contributed by atoms with E-state index in [1.807, 2.05) is 0 Å². The van der Waals surface area contributed by atoms with Crippen LogP contribution in [0.4, 0.5) is 79.0 Å². The summed E-state index contributed by atoms with van der Waals surface area (Å²) in [5, 5.41) is 0. The second kappa shape index (κ2) is 18.0. The van der Waals surface area contributed by atoms with Crippen LogP contribution in [0.2, 0.25) is 0 Å². The predicted octanol–water partition coefficient (Wildman–Crippen LogP) is 11.5. The van der Waals surface area contributed by atoms with E-state index in [0.717, 1.165) is 18.2 Å². The van der Waals surface area contributed by atoms with Crippen LogP contribution in [-0.2, 0) is 65.0 Å². The molecule has 0 bridgehead atoms. The molecule has 5 rings (SSSR count). The van der Waals surface area contributed by atoms with Gasteiger partial charge in [0.25, 0.3) is 0 Å². The van der Waals surface area contributed by atoms with Gasteiger partial charge in [-0.05, 0) is 100 Å². The number of sulfonamides is 2. The Morgan fingerprint density at radius 1 is 0.329 bits per heavy atom. The van der Waals surface area contributed by atoms with E-state index < -0.39 is 160 Å². The predicted molar refractivity (Wildman–Crippen MR) is 202 cm³/mol. The van der Waals surface area contributed by atoms with Gasteiger partial charge in [-0.15, -0.1) is 0 Å². The van der Waals surface area contributed by atoms with Gasteiger partial charge < -0.3 is 8.37 Å². The number of nitrogens with zero attached hydrogens (tertiary/aromatic N) is 1. The number of alkyl halides is 18. The minimum atomic E-state index is -7.96. The third-order valence-electron chi connectivity index (χ3n) is 8.73. The van der Waals surface area contributed by atoms with Gasteiger partial charge in [0, 0.05) is 14.7 Å². The monoisotopic (exact) mass is 1130 g/mol. The molecule has 34 heteroatoms. The van der Waals surface area contributed by atoms with Gasteiger partial charge in [-0.25, -0.2) is 16.8 Å². The van der Waals surface area contributed by atoms with E-state index in [1.165, 1.54) is 0 Å². The fourth-order valence-corrected chi connectivity index (χ4v) is 17.0. The van der Waals surface area contributed by atoms with Crippen LogP contribution in [0.5, 0.6) is 11.5 Å². The van der Waals surface area contributed by atoms with Gasteiger partial charge in [-0.1, -0.05) is 28.4 Å². The van der Waals surface area contributed by atoms with Crippen LogP contribution in [0.3, 0.4) is 0 Å². The summed E-state index contributed by atoms with van der Waals surface area (Å²) in [6.45, 7) is 0. The lowest BCUT2D eigenvalue weighted by molar-refractivity contribution is -0.145. The molecule has 0 unspecified atom stereocenters. The Kier molecular flexibility index (Phi) is 14.3. The van der Waals surface area contributed by atoms with Crippen molar-refractivity contribution in [2.75, 3.05) is 0 Å². The molecule has 0 radical (unpaired) electrons. The third kappa shape index (κ3) is 11.0. The fourth-order valence-electron chi connectivity index (χ4n) is 5.75. The first-order valence-corrected chi connectivity index (χ1v) is 24.8. The number of hydrogen-bond donors (Lipinski definition) is 0. The summed E-state index contributed by atoms with van der Waals surface area (Å²) in [7, 11) is -33.3. The SMILES string of the molecule is O=S(=O)(Oc1ccc(S(c2ccccc2)(c2ccc(OS(=O)(=O)c3cc(C(F)(F)F)cc(C(F)(F)F)c3)cc2)N(S(=O)(=O)C(F)(F)F)S(=O)(=O)C(F)(F)F)cc1)c1cc(C(F)(F)F)cc(C(F)(F)F)c1. The highest BCUT2D eigenvalue weighted by molar-refractivity contribution is 8.41. The van der Waals surface area contributed by atoms with Crippen LogP contribution >= 0.6 is 10.2 Å². The Morgan fingerprint density at radius 2 is 0.586 bits per heavy atom. The van der Waals surface area contributed by atoms with Crippen LogP contribution < -0.4 is 8.37 Å². The van der Waals surface area contributed by atoms with Crippen molar-refractivity contribution in [1.29, 1.82) is 0 Å². The summed E-state index contributed by atoms with van der Waals surface area (Å²) >= 11 is 0. The highest BCUT2D eigenvalue weighted by Gasteiger charge is 2.67. The van der Waals surface area contributed by atoms with E-state index in [1.54, 1.807) is 0 Å². The Bertz CT molecular complexity index is 2970. The number of hydrogen-bond acceptors (Lipinski definition) is 10. The van der Waals surface area contributed by atoms with Crippen LogP contribution in [0.25, 0.3) is 0 Å². The van der Waals surface area contributed by atoms with E-state index in [9.17, 15) is 113 Å². The van der Waals surface area contributed by atoms with Crippen molar-refractivity contribution in [2.24, 2.45) is 0 Å². The normalized spacial score (nSPS) is 14.4. The second-order valence-electron chi connectivity index (χ2n) is 13.5. The zero-order valence-electron chi connectivity index (χ0n) is 32.8. The fraction of sp³-hybridized carbons (Fsp3) is 0.167. The van der Waals surface area contributed by atoms with Gasteiger partial charge in [0.2, 0.25) is 0 Å². The van der Waals surface area contributed by atoms with Crippen molar-refractivity contribution in [3.8, 4) is 11.5 Å². The van der Waals surface area contributed by atoms with Gasteiger partial charge in [0.1, 0.15) is 21.3 Å². The molecule has 70 heavy (non-hydrogen) atoms. The Morgan fingerprint density at radius 3 is 0.829 bits per heavy atom. The molecule has 0 N–H and O–H groups in total. The molecule has 0 amide bonds. The number of benzene rings is 5. The quantitative estimate of drug-likeness (QED) is 0.0869. The van der Waals surface area contributed by atoms with Gasteiger partial charge >= 0.3 is 76.0 Å². The lowest BCUT2D eigenvalue weighted by atomic mass is 10.1. The molecule has 0 heterocycles. The average Bonchev–Trinajstić information content (AvgIpc) is 3.21. The molecule has 0 aliphatic carbocycles. The molecule has 0 aliphatic rings. The zero-order valence-corrected chi connectivity index (χ0v) is 36.9. The van der Waals surface area contributed by atoms with E-state index in [-0.39, 0.29) is 72.8 Å². The summed E-state index contributed by atoms with van der Waals surface area (Å²) < 4.78 is 363. The molecule has 5 aromatic rings. The largest absolute Gasteiger partial charge is 0.513 e. The zero-order chi connectivity index (χ0) is 53.3. The highest BCUT2D eigenvalue weighted by Crippen LogP contribution is 2.74. The molecule has 0 atom stereocenters. The third-order valence-corrected chi connectivity index (χ3v) is 20.1. The smallest absolute Gasteiger partial charge is 0.379 e. The summed E-state index contributed by atoms with van der Waals surface area (Å²) in [4.78, 5) is -7.45. The first-order valence-electron chi connectivity index (χ1n) is 17.5. The summed E-state index contributed by atoms with van der Waals surface area (Å²) in [6, 6.07) is 3.01. The standard InChI is InChI=1S/C36H19F18NO10S5/c37-31(38,39)20-14-21(32(40,41)42)17-29(16-20)67(56,57)64-24-6-10-27(11-7-24)66(26-4-2-1-3-5-26,55(69(60,61)35(49,50)51)70(62,63)36(52,53)54)28-12-8-25(9-13-28)65-68(58,59)30-18-22(33(43,44)45)15-23(19-30)34(46,47)48/h1-19H. The van der Waals surface area contributed by atoms with Crippen molar-refractivity contribution in [3.63, 3.8) is 0 Å². The molecule has 0 aliphatic heterocycles. The van der Waals surface area contributed by atoms with Crippen LogP contribution in [0, 0.1) is 0 Å². The molecule has 0 spiro atoms. The Hall–Kier alpha value is -5.45. The minimum absolute atomic E-state index is 0.200. The van der Waals surface area contributed by atoms with E-state index >= 15 is 0 Å². The van der Waals surface area contributed by atoms with Crippen molar-refractivity contribution in [2.45, 2.75) is 60.2 Å². The van der Waals surface area contributed by atoms with Crippen molar-refractivity contribution < 1.29 is 121 Å². The molecule has 0 saturated carbocycles. The van der Waals surface area contributed by atoms with E-state index in [4.69, 9.17) is 0 Å². The molecule has 0 saturated heterocycles. The Labute approximate surface area is 382 Å². The van der Waals surface area contributed by atoms with Crippen LogP contribution in [0.1, 0.15) is 22.3 Å². The van der Waals surface area contributed by atoms with Gasteiger partial charge in [-0.3, -0.25) is 0 Å². The molecule has 11 nitrogen and oxygen atoms in total. The maximum absolute atomic E-state index is 14.6.